The van der Waals surface area contributed by atoms with Crippen molar-refractivity contribution in [2.45, 2.75) is 79.5 Å². The molecular formula is C19H33FSn. The van der Waals surface area contributed by atoms with Gasteiger partial charge in [0.1, 0.15) is 0 Å². The minimum atomic E-state index is -2.36. The summed E-state index contributed by atoms with van der Waals surface area (Å²) in [7, 11) is 0. The number of hydrogen-bond donors (Lipinski definition) is 0. The molecule has 0 fully saturated rings. The van der Waals surface area contributed by atoms with Crippen molar-refractivity contribution < 1.29 is 4.39 Å². The Morgan fingerprint density at radius 2 is 1.33 bits per heavy atom. The summed E-state index contributed by atoms with van der Waals surface area (Å²) >= 11 is -2.36. The molecule has 0 spiro atoms. The van der Waals surface area contributed by atoms with Gasteiger partial charge in [0.2, 0.25) is 0 Å². The Morgan fingerprint density at radius 3 is 1.71 bits per heavy atom. The molecule has 1 rings (SSSR count). The Hall–Kier alpha value is -0.0513. The van der Waals surface area contributed by atoms with Gasteiger partial charge in [0.15, 0.2) is 0 Å². The maximum atomic E-state index is 13.5. The van der Waals surface area contributed by atoms with Crippen molar-refractivity contribution in [2.75, 3.05) is 0 Å². The number of hydrogen-bond acceptors (Lipinski definition) is 0. The summed E-state index contributed by atoms with van der Waals surface area (Å²) in [4.78, 5) is 0. The molecule has 0 aliphatic carbocycles. The van der Waals surface area contributed by atoms with Crippen molar-refractivity contribution in [1.82, 2.24) is 0 Å². The van der Waals surface area contributed by atoms with Crippen molar-refractivity contribution in [3.63, 3.8) is 0 Å². The van der Waals surface area contributed by atoms with Crippen LogP contribution in [0.2, 0.25) is 13.3 Å². The standard InChI is InChI=1S/C7H6F.3C4H9.Sn/c1-6-3-2-4-7(8)5-6;3*1-3-4-2;/h2,4-5H,1H3;3*1,3-4H2,2H3;. The molecule has 1 aromatic carbocycles. The number of aryl methyl sites for hydroxylation is 1. The van der Waals surface area contributed by atoms with Crippen LogP contribution in [0, 0.1) is 12.7 Å². The van der Waals surface area contributed by atoms with Crippen LogP contribution < -0.4 is 3.58 Å². The molecule has 0 atom stereocenters. The summed E-state index contributed by atoms with van der Waals surface area (Å²) in [6.07, 6.45) is 7.95. The van der Waals surface area contributed by atoms with Crippen LogP contribution in [0.25, 0.3) is 0 Å². The first-order chi connectivity index (χ1) is 10.1. The van der Waals surface area contributed by atoms with Gasteiger partial charge in [-0.05, 0) is 0 Å². The van der Waals surface area contributed by atoms with Crippen LogP contribution in [0.4, 0.5) is 4.39 Å². The van der Waals surface area contributed by atoms with Crippen molar-refractivity contribution in [3.8, 4) is 0 Å². The van der Waals surface area contributed by atoms with Crippen molar-refractivity contribution in [2.24, 2.45) is 0 Å². The Kier molecular flexibility index (Phi) is 8.92. The summed E-state index contributed by atoms with van der Waals surface area (Å²) < 4.78 is 19.5. The zero-order valence-electron chi connectivity index (χ0n) is 14.5. The first kappa shape index (κ1) is 19.0. The number of rotatable bonds is 10. The van der Waals surface area contributed by atoms with Crippen molar-refractivity contribution in [3.05, 3.63) is 29.6 Å². The first-order valence-corrected chi connectivity index (χ1v) is 16.3. The number of halogens is 1. The Balaban J connectivity index is 3.15. The zero-order chi connectivity index (χ0) is 15.7. The molecule has 1 aromatic rings. The van der Waals surface area contributed by atoms with E-state index < -0.39 is 18.4 Å². The second kappa shape index (κ2) is 9.86. The van der Waals surface area contributed by atoms with E-state index in [1.807, 2.05) is 0 Å². The van der Waals surface area contributed by atoms with E-state index >= 15 is 0 Å². The van der Waals surface area contributed by atoms with Crippen LogP contribution in [0.5, 0.6) is 0 Å². The van der Waals surface area contributed by atoms with Gasteiger partial charge in [-0.3, -0.25) is 0 Å². The van der Waals surface area contributed by atoms with Crippen LogP contribution >= 0.6 is 0 Å². The Bertz CT molecular complexity index is 392. The van der Waals surface area contributed by atoms with Gasteiger partial charge in [0.05, 0.1) is 0 Å². The van der Waals surface area contributed by atoms with E-state index in [2.05, 4.69) is 33.8 Å². The molecule has 0 aliphatic heterocycles. The SMILES string of the molecule is CCC[CH2][Sn]([CH2]CCC)([CH2]CCC)[c]1ccc(F)cc1C. The molecule has 0 aliphatic rings. The second-order valence-corrected chi connectivity index (χ2v) is 19.7. The molecule has 0 nitrogen and oxygen atoms in total. The van der Waals surface area contributed by atoms with E-state index in [0.29, 0.717) is 0 Å². The van der Waals surface area contributed by atoms with Gasteiger partial charge in [0.25, 0.3) is 0 Å². The third kappa shape index (κ3) is 5.58. The quantitative estimate of drug-likeness (QED) is 0.412. The molecule has 21 heavy (non-hydrogen) atoms. The minimum absolute atomic E-state index is 0.0714. The summed E-state index contributed by atoms with van der Waals surface area (Å²) in [5, 5.41) is 0. The van der Waals surface area contributed by atoms with Gasteiger partial charge in [-0.1, -0.05) is 0 Å². The van der Waals surface area contributed by atoms with Gasteiger partial charge in [-0.25, -0.2) is 0 Å². The summed E-state index contributed by atoms with van der Waals surface area (Å²) in [5.41, 5.74) is 1.23. The molecule has 0 radical (unpaired) electrons. The molecule has 0 unspecified atom stereocenters. The molecule has 0 N–H and O–H groups in total. The van der Waals surface area contributed by atoms with E-state index in [4.69, 9.17) is 0 Å². The number of benzene rings is 1. The molecule has 0 saturated heterocycles. The molecule has 0 aromatic heterocycles. The fourth-order valence-corrected chi connectivity index (χ4v) is 20.7. The summed E-state index contributed by atoms with van der Waals surface area (Å²) in [5.74, 6) is -0.0714. The average Bonchev–Trinajstić information content (AvgIpc) is 2.47. The maximum absolute atomic E-state index is 13.5. The molecule has 0 saturated carbocycles. The van der Waals surface area contributed by atoms with Crippen LogP contribution in [0.3, 0.4) is 0 Å². The van der Waals surface area contributed by atoms with Gasteiger partial charge < -0.3 is 0 Å². The van der Waals surface area contributed by atoms with Crippen LogP contribution in [-0.2, 0) is 0 Å². The third-order valence-electron chi connectivity index (χ3n) is 4.79. The predicted octanol–water partition coefficient (Wildman–Crippen LogP) is 6.19. The fraction of sp³-hybridized carbons (Fsp3) is 0.684. The molecule has 0 heterocycles. The normalized spacial score (nSPS) is 11.9. The van der Waals surface area contributed by atoms with Gasteiger partial charge in [-0.2, -0.15) is 0 Å². The molecule has 120 valence electrons. The first-order valence-electron chi connectivity index (χ1n) is 8.86. The Labute approximate surface area is 135 Å². The van der Waals surface area contributed by atoms with Crippen LogP contribution in [0.1, 0.15) is 64.9 Å². The number of unbranched alkanes of at least 4 members (excludes halogenated alkanes) is 3. The summed E-state index contributed by atoms with van der Waals surface area (Å²) in [6.45, 7) is 9.03. The van der Waals surface area contributed by atoms with Crippen molar-refractivity contribution in [1.29, 1.82) is 0 Å². The molecule has 2 heteroatoms. The van der Waals surface area contributed by atoms with Crippen LogP contribution in [0.15, 0.2) is 18.2 Å². The van der Waals surface area contributed by atoms with Crippen molar-refractivity contribution >= 4 is 22.0 Å². The van der Waals surface area contributed by atoms with Gasteiger partial charge in [0, 0.05) is 0 Å². The molecular weight excluding hydrogens is 366 g/mol. The molecule has 0 amide bonds. The van der Waals surface area contributed by atoms with E-state index in [-0.39, 0.29) is 5.82 Å². The predicted molar refractivity (Wildman–Crippen MR) is 95.7 cm³/mol. The van der Waals surface area contributed by atoms with E-state index in [0.717, 1.165) is 0 Å². The zero-order valence-corrected chi connectivity index (χ0v) is 17.3. The van der Waals surface area contributed by atoms with E-state index in [1.165, 1.54) is 57.4 Å². The fourth-order valence-electron chi connectivity index (χ4n) is 3.55. The Morgan fingerprint density at radius 1 is 0.857 bits per heavy atom. The van der Waals surface area contributed by atoms with Gasteiger partial charge >= 0.3 is 135 Å². The molecule has 0 bridgehead atoms. The van der Waals surface area contributed by atoms with E-state index in [1.54, 1.807) is 15.7 Å². The van der Waals surface area contributed by atoms with E-state index in [9.17, 15) is 4.39 Å². The van der Waals surface area contributed by atoms with Crippen LogP contribution in [-0.4, -0.2) is 18.4 Å². The topological polar surface area (TPSA) is 0 Å². The third-order valence-corrected chi connectivity index (χ3v) is 20.9. The monoisotopic (exact) mass is 400 g/mol. The van der Waals surface area contributed by atoms with Gasteiger partial charge in [-0.15, -0.1) is 0 Å². The summed E-state index contributed by atoms with van der Waals surface area (Å²) in [6, 6.07) is 5.63. The average molecular weight is 399 g/mol. The second-order valence-electron chi connectivity index (χ2n) is 6.55.